The Bertz CT molecular complexity index is 952. The van der Waals surface area contributed by atoms with Gasteiger partial charge in [0.15, 0.2) is 18.1 Å². The van der Waals surface area contributed by atoms with E-state index in [9.17, 15) is 24.0 Å². The van der Waals surface area contributed by atoms with Crippen LogP contribution in [-0.2, 0) is 30.5 Å². The second kappa shape index (κ2) is 16.0. The molecule has 1 heterocycles. The summed E-state index contributed by atoms with van der Waals surface area (Å²) in [4.78, 5) is 61.7. The first kappa shape index (κ1) is 32.1. The molecule has 0 aliphatic carbocycles. The summed E-state index contributed by atoms with van der Waals surface area (Å²) in [5, 5.41) is 5.09. The van der Waals surface area contributed by atoms with Gasteiger partial charge in [0.2, 0.25) is 11.8 Å². The second-order valence-electron chi connectivity index (χ2n) is 9.45. The van der Waals surface area contributed by atoms with Crippen molar-refractivity contribution in [1.29, 1.82) is 0 Å². The first-order chi connectivity index (χ1) is 17.3. The molecule has 12 nitrogen and oxygen atoms in total. The number of carbonyl (C=O) groups excluding carboxylic acids is 4. The van der Waals surface area contributed by atoms with Crippen molar-refractivity contribution in [3.05, 3.63) is 22.1 Å². The maximum Gasteiger partial charge on any atom is 0.519 e. The molecule has 13 heteroatoms. The minimum atomic E-state index is -1.12. The summed E-state index contributed by atoms with van der Waals surface area (Å²) < 4.78 is 20.1. The average Bonchev–Trinajstić information content (AvgIpc) is 3.10. The third-order valence-electron chi connectivity index (χ3n) is 4.92. The molecule has 1 rings (SSSR count). The molecule has 0 saturated carbocycles. The third kappa shape index (κ3) is 13.8. The number of nitrogens with zero attached hydrogens (tertiary/aromatic N) is 1. The number of hydrogen-bond acceptors (Lipinski definition) is 10. The van der Waals surface area contributed by atoms with E-state index >= 15 is 0 Å². The minimum absolute atomic E-state index is 0.0504. The second-order valence-corrected chi connectivity index (χ2v) is 9.89. The third-order valence-corrected chi connectivity index (χ3v) is 5.24. The number of nitrogens with one attached hydrogen (secondary N) is 2. The summed E-state index contributed by atoms with van der Waals surface area (Å²) in [7, 11) is 0. The van der Waals surface area contributed by atoms with Crippen LogP contribution >= 0.6 is 12.6 Å². The number of thiol groups is 1. The van der Waals surface area contributed by atoms with Crippen molar-refractivity contribution < 1.29 is 37.5 Å². The molecule has 210 valence electrons. The Morgan fingerprint density at radius 3 is 2.30 bits per heavy atom. The van der Waals surface area contributed by atoms with Crippen molar-refractivity contribution in [1.82, 2.24) is 15.5 Å². The van der Waals surface area contributed by atoms with Gasteiger partial charge in [-0.2, -0.15) is 12.6 Å². The highest BCUT2D eigenvalue weighted by molar-refractivity contribution is 7.80. The van der Waals surface area contributed by atoms with Crippen LogP contribution < -0.4 is 16.5 Å². The molecule has 37 heavy (non-hydrogen) atoms. The Hall–Kier alpha value is -2.96. The molecule has 2 N–H and O–H groups in total. The SMILES string of the molecule is CC(=O)N[C@@H](CC(=O)OC(C)(C)C)C(=O)NCCN(CCCCCCS)C(=O)OCc1oc(=O)oc1C. The van der Waals surface area contributed by atoms with E-state index in [0.29, 0.717) is 13.0 Å². The van der Waals surface area contributed by atoms with Crippen LogP contribution in [0.25, 0.3) is 0 Å². The van der Waals surface area contributed by atoms with Crippen molar-refractivity contribution in [3.63, 3.8) is 0 Å². The van der Waals surface area contributed by atoms with Crippen LogP contribution in [0, 0.1) is 6.92 Å². The molecule has 0 aliphatic rings. The lowest BCUT2D eigenvalue weighted by atomic mass is 10.1. The summed E-state index contributed by atoms with van der Waals surface area (Å²) in [5.41, 5.74) is -0.737. The number of unbranched alkanes of at least 4 members (excludes halogenated alkanes) is 3. The fourth-order valence-electron chi connectivity index (χ4n) is 3.23. The van der Waals surface area contributed by atoms with E-state index in [1.165, 1.54) is 18.7 Å². The van der Waals surface area contributed by atoms with E-state index in [2.05, 4.69) is 23.3 Å². The Morgan fingerprint density at radius 1 is 1.05 bits per heavy atom. The molecule has 0 radical (unpaired) electrons. The van der Waals surface area contributed by atoms with Crippen molar-refractivity contribution in [2.75, 3.05) is 25.4 Å². The summed E-state index contributed by atoms with van der Waals surface area (Å²) in [6.07, 6.45) is 2.53. The summed E-state index contributed by atoms with van der Waals surface area (Å²) in [6, 6.07) is -1.12. The molecular weight excluding hydrogens is 506 g/mol. The lowest BCUT2D eigenvalue weighted by Gasteiger charge is -2.24. The minimum Gasteiger partial charge on any atom is -0.460 e. The molecular formula is C24H39N3O9S. The zero-order valence-electron chi connectivity index (χ0n) is 22.2. The number of hydrogen-bond donors (Lipinski definition) is 3. The zero-order valence-corrected chi connectivity index (χ0v) is 23.1. The standard InChI is InChI=1S/C24H39N3O9S/c1-16-19(35-23(32)34-16)15-33-22(31)27(11-8-6-7-9-13-37)12-10-25-21(30)18(26-17(2)28)14-20(29)36-24(3,4)5/h18,37H,6-15H2,1-5H3,(H,25,30)(H,26,28)/t18-/m0/s1. The van der Waals surface area contributed by atoms with Gasteiger partial charge in [-0.25, -0.2) is 9.59 Å². The Morgan fingerprint density at radius 2 is 1.73 bits per heavy atom. The quantitative estimate of drug-likeness (QED) is 0.171. The average molecular weight is 546 g/mol. The summed E-state index contributed by atoms with van der Waals surface area (Å²) in [5.74, 6) is -1.46. The van der Waals surface area contributed by atoms with Gasteiger partial charge in [-0.15, -0.1) is 0 Å². The molecule has 0 fully saturated rings. The van der Waals surface area contributed by atoms with Gasteiger partial charge in [0.1, 0.15) is 11.6 Å². The van der Waals surface area contributed by atoms with E-state index in [-0.39, 0.29) is 37.6 Å². The van der Waals surface area contributed by atoms with E-state index in [4.69, 9.17) is 18.3 Å². The van der Waals surface area contributed by atoms with Crippen LogP contribution in [0.3, 0.4) is 0 Å². The largest absolute Gasteiger partial charge is 0.519 e. The van der Waals surface area contributed by atoms with Gasteiger partial charge >= 0.3 is 17.9 Å². The molecule has 0 unspecified atom stereocenters. The molecule has 3 amide bonds. The van der Waals surface area contributed by atoms with Crippen LogP contribution in [0.1, 0.15) is 71.3 Å². The molecule has 0 spiro atoms. The lowest BCUT2D eigenvalue weighted by molar-refractivity contribution is -0.156. The number of amides is 3. The zero-order chi connectivity index (χ0) is 28.0. The maximum absolute atomic E-state index is 12.7. The van der Waals surface area contributed by atoms with E-state index < -0.39 is 41.3 Å². The van der Waals surface area contributed by atoms with Gasteiger partial charge in [-0.1, -0.05) is 12.8 Å². The van der Waals surface area contributed by atoms with Crippen LogP contribution in [-0.4, -0.2) is 65.8 Å². The van der Waals surface area contributed by atoms with E-state index in [1.807, 2.05) is 0 Å². The summed E-state index contributed by atoms with van der Waals surface area (Å²) in [6.45, 7) is 8.13. The molecule has 0 aliphatic heterocycles. The van der Waals surface area contributed by atoms with E-state index in [0.717, 1.165) is 25.0 Å². The summed E-state index contributed by atoms with van der Waals surface area (Å²) >= 11 is 4.19. The van der Waals surface area contributed by atoms with Crippen LogP contribution in [0.15, 0.2) is 13.6 Å². The highest BCUT2D eigenvalue weighted by Crippen LogP contribution is 2.11. The number of aryl methyl sites for hydroxylation is 1. The Kier molecular flexibility index (Phi) is 13.9. The molecule has 1 atom stereocenters. The van der Waals surface area contributed by atoms with Gasteiger partial charge in [-0.3, -0.25) is 14.4 Å². The van der Waals surface area contributed by atoms with Gasteiger partial charge in [0.25, 0.3) is 0 Å². The van der Waals surface area contributed by atoms with Crippen LogP contribution in [0.2, 0.25) is 0 Å². The monoisotopic (exact) mass is 545 g/mol. The smallest absolute Gasteiger partial charge is 0.460 e. The van der Waals surface area contributed by atoms with E-state index in [1.54, 1.807) is 20.8 Å². The van der Waals surface area contributed by atoms with Gasteiger partial charge in [-0.05, 0) is 46.3 Å². The van der Waals surface area contributed by atoms with Crippen molar-refractivity contribution in [2.24, 2.45) is 0 Å². The molecule has 0 saturated heterocycles. The number of esters is 1. The van der Waals surface area contributed by atoms with Crippen molar-refractivity contribution >= 4 is 36.5 Å². The molecule has 0 bridgehead atoms. The topological polar surface area (TPSA) is 157 Å². The number of ether oxygens (including phenoxy) is 2. The van der Waals surface area contributed by atoms with Gasteiger partial charge < -0.3 is 33.8 Å². The highest BCUT2D eigenvalue weighted by Gasteiger charge is 2.26. The number of carbonyl (C=O) groups is 4. The maximum atomic E-state index is 12.7. The normalized spacial score (nSPS) is 11.9. The molecule has 0 aromatic carbocycles. The fraction of sp³-hybridized carbons (Fsp3) is 0.708. The number of rotatable bonds is 15. The van der Waals surface area contributed by atoms with Gasteiger partial charge in [0.05, 0.1) is 6.42 Å². The Balaban J connectivity index is 2.72. The first-order valence-corrected chi connectivity index (χ1v) is 12.8. The molecule has 1 aromatic rings. The lowest BCUT2D eigenvalue weighted by Crippen LogP contribution is -2.49. The van der Waals surface area contributed by atoms with Crippen LogP contribution in [0.4, 0.5) is 4.79 Å². The van der Waals surface area contributed by atoms with Gasteiger partial charge in [0, 0.05) is 26.6 Å². The van der Waals surface area contributed by atoms with Crippen molar-refractivity contribution in [3.8, 4) is 0 Å². The highest BCUT2D eigenvalue weighted by atomic mass is 32.1. The predicted molar refractivity (Wildman–Crippen MR) is 137 cm³/mol. The fourth-order valence-corrected chi connectivity index (χ4v) is 3.45. The predicted octanol–water partition coefficient (Wildman–Crippen LogP) is 2.32. The first-order valence-electron chi connectivity index (χ1n) is 12.2. The molecule has 1 aromatic heterocycles. The Labute approximate surface area is 222 Å². The van der Waals surface area contributed by atoms with Crippen molar-refractivity contribution in [2.45, 2.75) is 85.0 Å². The van der Waals surface area contributed by atoms with Crippen LogP contribution in [0.5, 0.6) is 0 Å².